The maximum Gasteiger partial charge on any atom is 0.0601 e. The quantitative estimate of drug-likeness (QED) is 0.624. The largest absolute Gasteiger partial charge is 0.314 e. The van der Waals surface area contributed by atoms with E-state index in [0.717, 1.165) is 26.1 Å². The van der Waals surface area contributed by atoms with Crippen molar-refractivity contribution in [1.82, 2.24) is 10.2 Å². The first-order valence-electron chi connectivity index (χ1n) is 5.52. The van der Waals surface area contributed by atoms with E-state index >= 15 is 0 Å². The molecule has 0 radical (unpaired) electrons. The molecule has 0 aromatic rings. The Labute approximate surface area is 89.1 Å². The third-order valence-corrected chi connectivity index (χ3v) is 2.44. The van der Waals surface area contributed by atoms with Crippen LogP contribution < -0.4 is 5.32 Å². The third kappa shape index (κ3) is 6.01. The zero-order valence-electron chi connectivity index (χ0n) is 10.0. The summed E-state index contributed by atoms with van der Waals surface area (Å²) < 4.78 is 0. The standard InChI is InChI=1S/C12H24N2/c1-6-10-14(7-2)12(5)8-9-13-11(3)4/h1,11-13H,7-10H2,2-5H3. The van der Waals surface area contributed by atoms with Gasteiger partial charge in [-0.15, -0.1) is 6.42 Å². The minimum absolute atomic E-state index is 0.572. The van der Waals surface area contributed by atoms with Crippen molar-refractivity contribution >= 4 is 0 Å². The van der Waals surface area contributed by atoms with Crippen molar-refractivity contribution in [1.29, 1.82) is 0 Å². The predicted molar refractivity (Wildman–Crippen MR) is 63.3 cm³/mol. The Kier molecular flexibility index (Phi) is 7.55. The van der Waals surface area contributed by atoms with E-state index < -0.39 is 0 Å². The predicted octanol–water partition coefficient (Wildman–Crippen LogP) is 1.72. The number of nitrogens with zero attached hydrogens (tertiary/aromatic N) is 1. The van der Waals surface area contributed by atoms with Crippen molar-refractivity contribution in [2.45, 2.75) is 46.2 Å². The fraction of sp³-hybridized carbons (Fsp3) is 0.833. The third-order valence-electron chi connectivity index (χ3n) is 2.44. The van der Waals surface area contributed by atoms with E-state index in [4.69, 9.17) is 6.42 Å². The van der Waals surface area contributed by atoms with E-state index in [1.807, 2.05) is 0 Å². The summed E-state index contributed by atoms with van der Waals surface area (Å²) in [6.45, 7) is 11.6. The average molecular weight is 196 g/mol. The fourth-order valence-corrected chi connectivity index (χ4v) is 1.46. The van der Waals surface area contributed by atoms with Crippen LogP contribution in [0.15, 0.2) is 0 Å². The fourth-order valence-electron chi connectivity index (χ4n) is 1.46. The second-order valence-electron chi connectivity index (χ2n) is 4.01. The first-order chi connectivity index (χ1) is 6.61. The Hall–Kier alpha value is -0.520. The van der Waals surface area contributed by atoms with Gasteiger partial charge < -0.3 is 5.32 Å². The zero-order valence-corrected chi connectivity index (χ0v) is 10.0. The van der Waals surface area contributed by atoms with Crippen LogP contribution in [0.25, 0.3) is 0 Å². The summed E-state index contributed by atoms with van der Waals surface area (Å²) in [5.41, 5.74) is 0. The molecule has 0 fully saturated rings. The Balaban J connectivity index is 3.70. The summed E-state index contributed by atoms with van der Waals surface area (Å²) >= 11 is 0. The summed E-state index contributed by atoms with van der Waals surface area (Å²) in [5.74, 6) is 2.70. The smallest absolute Gasteiger partial charge is 0.0601 e. The topological polar surface area (TPSA) is 15.3 Å². The molecule has 0 aromatic carbocycles. The normalized spacial score (nSPS) is 13.2. The van der Waals surface area contributed by atoms with Gasteiger partial charge in [-0.1, -0.05) is 26.7 Å². The van der Waals surface area contributed by atoms with Gasteiger partial charge in [0.25, 0.3) is 0 Å². The van der Waals surface area contributed by atoms with Gasteiger partial charge in [0, 0.05) is 12.1 Å². The molecule has 2 nitrogen and oxygen atoms in total. The molecule has 0 bridgehead atoms. The highest BCUT2D eigenvalue weighted by molar-refractivity contribution is 4.89. The molecular weight excluding hydrogens is 172 g/mol. The molecule has 82 valence electrons. The van der Waals surface area contributed by atoms with Crippen molar-refractivity contribution in [2.75, 3.05) is 19.6 Å². The molecule has 1 N–H and O–H groups in total. The second-order valence-corrected chi connectivity index (χ2v) is 4.01. The van der Waals surface area contributed by atoms with Gasteiger partial charge in [0.05, 0.1) is 6.54 Å². The average Bonchev–Trinajstić information content (AvgIpc) is 2.13. The van der Waals surface area contributed by atoms with Crippen LogP contribution in [-0.4, -0.2) is 36.6 Å². The first-order valence-corrected chi connectivity index (χ1v) is 5.52. The Morgan fingerprint density at radius 2 is 2.00 bits per heavy atom. The molecule has 0 spiro atoms. The van der Waals surface area contributed by atoms with Crippen LogP contribution >= 0.6 is 0 Å². The van der Waals surface area contributed by atoms with Gasteiger partial charge >= 0.3 is 0 Å². The van der Waals surface area contributed by atoms with Crippen LogP contribution in [0.2, 0.25) is 0 Å². The molecule has 0 heterocycles. The SMILES string of the molecule is C#CCN(CC)C(C)CCNC(C)C. The van der Waals surface area contributed by atoms with Gasteiger partial charge in [-0.05, 0) is 26.4 Å². The summed E-state index contributed by atoms with van der Waals surface area (Å²) in [7, 11) is 0. The highest BCUT2D eigenvalue weighted by atomic mass is 15.1. The van der Waals surface area contributed by atoms with Crippen LogP contribution in [0.1, 0.15) is 34.1 Å². The van der Waals surface area contributed by atoms with Gasteiger partial charge in [0.2, 0.25) is 0 Å². The molecule has 0 saturated heterocycles. The van der Waals surface area contributed by atoms with E-state index in [9.17, 15) is 0 Å². The highest BCUT2D eigenvalue weighted by Crippen LogP contribution is 2.01. The highest BCUT2D eigenvalue weighted by Gasteiger charge is 2.09. The van der Waals surface area contributed by atoms with Crippen molar-refractivity contribution in [3.8, 4) is 12.3 Å². The Bertz CT molecular complexity index is 170. The number of nitrogens with one attached hydrogen (secondary N) is 1. The van der Waals surface area contributed by atoms with E-state index in [2.05, 4.69) is 43.8 Å². The van der Waals surface area contributed by atoms with Gasteiger partial charge in [0.1, 0.15) is 0 Å². The molecule has 0 saturated carbocycles. The van der Waals surface area contributed by atoms with Crippen molar-refractivity contribution in [3.63, 3.8) is 0 Å². The summed E-state index contributed by atoms with van der Waals surface area (Å²) in [5, 5.41) is 3.42. The Morgan fingerprint density at radius 1 is 1.36 bits per heavy atom. The lowest BCUT2D eigenvalue weighted by molar-refractivity contribution is 0.233. The summed E-state index contributed by atoms with van der Waals surface area (Å²) in [4.78, 5) is 2.32. The second kappa shape index (κ2) is 7.84. The van der Waals surface area contributed by atoms with Crippen LogP contribution in [0.5, 0.6) is 0 Å². The molecule has 0 aliphatic carbocycles. The molecule has 0 aliphatic heterocycles. The van der Waals surface area contributed by atoms with Gasteiger partial charge in [0.15, 0.2) is 0 Å². The molecule has 1 unspecified atom stereocenters. The van der Waals surface area contributed by atoms with Gasteiger partial charge in [-0.3, -0.25) is 4.90 Å². The van der Waals surface area contributed by atoms with E-state index in [0.29, 0.717) is 12.1 Å². The lowest BCUT2D eigenvalue weighted by Crippen LogP contribution is -2.36. The van der Waals surface area contributed by atoms with Crippen molar-refractivity contribution in [2.24, 2.45) is 0 Å². The maximum absolute atomic E-state index is 5.31. The number of hydrogen-bond acceptors (Lipinski definition) is 2. The van der Waals surface area contributed by atoms with E-state index in [1.54, 1.807) is 0 Å². The molecular formula is C12H24N2. The molecule has 1 atom stereocenters. The first kappa shape index (κ1) is 13.5. The molecule has 0 aromatic heterocycles. The summed E-state index contributed by atoms with van der Waals surface area (Å²) in [6, 6.07) is 1.15. The zero-order chi connectivity index (χ0) is 11.0. The molecule has 14 heavy (non-hydrogen) atoms. The van der Waals surface area contributed by atoms with Crippen LogP contribution in [0, 0.1) is 12.3 Å². The number of rotatable bonds is 7. The van der Waals surface area contributed by atoms with Crippen LogP contribution in [-0.2, 0) is 0 Å². The van der Waals surface area contributed by atoms with E-state index in [1.165, 1.54) is 0 Å². The van der Waals surface area contributed by atoms with Crippen LogP contribution in [0.3, 0.4) is 0 Å². The van der Waals surface area contributed by atoms with Crippen LogP contribution in [0.4, 0.5) is 0 Å². The summed E-state index contributed by atoms with van der Waals surface area (Å²) in [6.07, 6.45) is 6.47. The lowest BCUT2D eigenvalue weighted by atomic mass is 10.2. The number of hydrogen-bond donors (Lipinski definition) is 1. The van der Waals surface area contributed by atoms with E-state index in [-0.39, 0.29) is 0 Å². The minimum Gasteiger partial charge on any atom is -0.314 e. The molecule has 0 aliphatic rings. The monoisotopic (exact) mass is 196 g/mol. The van der Waals surface area contributed by atoms with Gasteiger partial charge in [-0.25, -0.2) is 0 Å². The van der Waals surface area contributed by atoms with Crippen molar-refractivity contribution < 1.29 is 0 Å². The molecule has 0 amide bonds. The maximum atomic E-state index is 5.31. The number of terminal acetylenes is 1. The minimum atomic E-state index is 0.572. The van der Waals surface area contributed by atoms with Crippen molar-refractivity contribution in [3.05, 3.63) is 0 Å². The Morgan fingerprint density at radius 3 is 2.43 bits per heavy atom. The molecule has 2 heteroatoms. The lowest BCUT2D eigenvalue weighted by Gasteiger charge is -2.26. The molecule has 0 rings (SSSR count). The van der Waals surface area contributed by atoms with Gasteiger partial charge in [-0.2, -0.15) is 0 Å².